The fraction of sp³-hybridized carbons (Fsp3) is 0.348. The molecule has 2 aromatic heterocycles. The number of amides is 1. The molecular weight excluding hydrogens is 460 g/mol. The Kier molecular flexibility index (Phi) is 5.05. The number of allylic oxidation sites excluding steroid dienone is 1. The van der Waals surface area contributed by atoms with E-state index in [2.05, 4.69) is 40.8 Å². The van der Waals surface area contributed by atoms with E-state index in [1.165, 1.54) is 5.01 Å². The number of aromatic nitrogens is 4. The molecule has 13 nitrogen and oxygen atoms in total. The van der Waals surface area contributed by atoms with E-state index in [0.29, 0.717) is 28.3 Å². The van der Waals surface area contributed by atoms with Crippen LogP contribution in [0.25, 0.3) is 22.3 Å². The molecule has 3 aliphatic rings. The molecule has 3 aromatic rings. The highest BCUT2D eigenvalue weighted by atomic mass is 16.1. The third-order valence-corrected chi connectivity index (χ3v) is 7.31. The molecule has 0 radical (unpaired) electrons. The SMILES string of the molecule is CC1=C(C(=O)Nc2ccc3[nH]nc(-c4cc(N5CC6(CNC6)C5)ncn4)c3c2)CN(N)/C(=N\N)N1C. The first kappa shape index (κ1) is 22.2. The molecule has 0 saturated carbocycles. The fourth-order valence-corrected chi connectivity index (χ4v) is 5.07. The molecule has 1 amide bonds. The molecule has 5 heterocycles. The van der Waals surface area contributed by atoms with Gasteiger partial charge in [0.2, 0.25) is 5.96 Å². The second-order valence-electron chi connectivity index (χ2n) is 9.69. The van der Waals surface area contributed by atoms with Gasteiger partial charge in [0.25, 0.3) is 5.91 Å². The Morgan fingerprint density at radius 1 is 1.22 bits per heavy atom. The molecule has 36 heavy (non-hydrogen) atoms. The van der Waals surface area contributed by atoms with Crippen LogP contribution in [0, 0.1) is 5.41 Å². The standard InChI is InChI=1S/C23H28N12O/c1-13-16(7-35(25)22(30-24)33(13)2)21(36)29-14-3-4-17-15(5-14)20(32-31-17)18-6-19(28-12-27-18)34-10-23(11-34)8-26-9-23/h3-6,12,26H,7-11,24-25H2,1-2H3,(H,29,36)(H,31,32)/b30-22-. The Hall–Kier alpha value is -4.23. The first-order valence-electron chi connectivity index (χ1n) is 11.7. The van der Waals surface area contributed by atoms with E-state index < -0.39 is 0 Å². The number of benzene rings is 1. The molecule has 0 unspecified atom stereocenters. The monoisotopic (exact) mass is 488 g/mol. The highest BCUT2D eigenvalue weighted by Gasteiger charge is 2.48. The number of nitrogens with two attached hydrogens (primary N) is 2. The van der Waals surface area contributed by atoms with E-state index in [-0.39, 0.29) is 12.5 Å². The zero-order valence-corrected chi connectivity index (χ0v) is 20.1. The van der Waals surface area contributed by atoms with Crippen molar-refractivity contribution >= 4 is 34.3 Å². The minimum atomic E-state index is -0.253. The number of anilines is 2. The Balaban J connectivity index is 1.25. The Morgan fingerprint density at radius 2 is 2.03 bits per heavy atom. The zero-order valence-electron chi connectivity index (χ0n) is 20.1. The van der Waals surface area contributed by atoms with Gasteiger partial charge in [0.1, 0.15) is 17.8 Å². The van der Waals surface area contributed by atoms with Gasteiger partial charge in [-0.05, 0) is 25.1 Å². The maximum atomic E-state index is 13.1. The predicted molar refractivity (Wildman–Crippen MR) is 136 cm³/mol. The van der Waals surface area contributed by atoms with Crippen molar-refractivity contribution in [2.45, 2.75) is 6.92 Å². The molecule has 0 aliphatic carbocycles. The third-order valence-electron chi connectivity index (χ3n) is 7.31. The average molecular weight is 489 g/mol. The van der Waals surface area contributed by atoms with E-state index in [1.54, 1.807) is 18.3 Å². The predicted octanol–water partition coefficient (Wildman–Crippen LogP) is -0.00720. The molecular formula is C23H28N12O. The van der Waals surface area contributed by atoms with Crippen LogP contribution >= 0.6 is 0 Å². The fourth-order valence-electron chi connectivity index (χ4n) is 5.07. The number of carbonyl (C=O) groups is 1. The number of hydrazine groups is 1. The van der Waals surface area contributed by atoms with Crippen molar-refractivity contribution in [3.05, 3.63) is 41.9 Å². The summed E-state index contributed by atoms with van der Waals surface area (Å²) < 4.78 is 0. The van der Waals surface area contributed by atoms with Gasteiger partial charge in [0.15, 0.2) is 0 Å². The van der Waals surface area contributed by atoms with Crippen molar-refractivity contribution in [2.75, 3.05) is 50.0 Å². The lowest BCUT2D eigenvalue weighted by molar-refractivity contribution is -0.113. The number of hydrazone groups is 1. The number of hydrogen-bond acceptors (Lipinski definition) is 9. The van der Waals surface area contributed by atoms with Gasteiger partial charge in [-0.2, -0.15) is 5.10 Å². The summed E-state index contributed by atoms with van der Waals surface area (Å²) in [4.78, 5) is 26.0. The van der Waals surface area contributed by atoms with Crippen LogP contribution in [0.5, 0.6) is 0 Å². The van der Waals surface area contributed by atoms with Gasteiger partial charge in [0.05, 0.1) is 23.3 Å². The largest absolute Gasteiger partial charge is 0.355 e. The number of nitrogens with zero attached hydrogens (tertiary/aromatic N) is 7. The number of carbonyl (C=O) groups excluding carboxylic acids is 1. The van der Waals surface area contributed by atoms with Crippen molar-refractivity contribution in [1.29, 1.82) is 0 Å². The van der Waals surface area contributed by atoms with Gasteiger partial charge in [0, 0.05) is 61.5 Å². The van der Waals surface area contributed by atoms with Gasteiger partial charge in [-0.15, -0.1) is 5.10 Å². The van der Waals surface area contributed by atoms with Crippen molar-refractivity contribution in [3.63, 3.8) is 0 Å². The summed E-state index contributed by atoms with van der Waals surface area (Å²) in [5.41, 5.74) is 4.56. The summed E-state index contributed by atoms with van der Waals surface area (Å²) in [7, 11) is 1.76. The normalized spacial score (nSPS) is 20.2. The average Bonchev–Trinajstić information content (AvgIpc) is 3.23. The lowest BCUT2D eigenvalue weighted by Gasteiger charge is -2.56. The van der Waals surface area contributed by atoms with Crippen molar-refractivity contribution in [2.24, 2.45) is 22.2 Å². The Bertz CT molecular complexity index is 1410. The summed E-state index contributed by atoms with van der Waals surface area (Å²) in [5.74, 6) is 12.5. The number of fused-ring (bicyclic) bond motifs is 1. The summed E-state index contributed by atoms with van der Waals surface area (Å²) in [6.07, 6.45) is 1.58. The highest BCUT2D eigenvalue weighted by molar-refractivity contribution is 6.07. The first-order valence-corrected chi connectivity index (χ1v) is 11.7. The topological polar surface area (TPSA) is 170 Å². The number of rotatable bonds is 4. The quantitative estimate of drug-likeness (QED) is 0.249. The summed E-state index contributed by atoms with van der Waals surface area (Å²) in [5, 5.41) is 19.8. The van der Waals surface area contributed by atoms with Gasteiger partial charge < -0.3 is 26.3 Å². The van der Waals surface area contributed by atoms with Crippen LogP contribution in [0.3, 0.4) is 0 Å². The van der Waals surface area contributed by atoms with Gasteiger partial charge in [-0.3, -0.25) is 14.9 Å². The minimum absolute atomic E-state index is 0.189. The van der Waals surface area contributed by atoms with Gasteiger partial charge in [-0.1, -0.05) is 0 Å². The van der Waals surface area contributed by atoms with Crippen molar-refractivity contribution < 1.29 is 4.79 Å². The van der Waals surface area contributed by atoms with E-state index >= 15 is 0 Å². The minimum Gasteiger partial charge on any atom is -0.355 e. The number of aromatic amines is 1. The maximum absolute atomic E-state index is 13.1. The molecule has 3 aliphatic heterocycles. The van der Waals surface area contributed by atoms with Crippen LogP contribution in [0.2, 0.25) is 0 Å². The summed E-state index contributed by atoms with van der Waals surface area (Å²) in [6.45, 7) is 6.15. The van der Waals surface area contributed by atoms with Gasteiger partial charge >= 0.3 is 0 Å². The zero-order chi connectivity index (χ0) is 25.0. The van der Waals surface area contributed by atoms with Gasteiger partial charge in [-0.25, -0.2) is 15.8 Å². The second-order valence-corrected chi connectivity index (χ2v) is 9.69. The lowest BCUT2D eigenvalue weighted by atomic mass is 9.74. The number of nitrogens with one attached hydrogen (secondary N) is 3. The second kappa shape index (κ2) is 8.17. The molecule has 13 heteroatoms. The van der Waals surface area contributed by atoms with E-state index in [0.717, 1.165) is 54.3 Å². The maximum Gasteiger partial charge on any atom is 0.255 e. The Morgan fingerprint density at radius 3 is 2.75 bits per heavy atom. The van der Waals surface area contributed by atoms with E-state index in [9.17, 15) is 4.79 Å². The van der Waals surface area contributed by atoms with Crippen LogP contribution in [0.15, 0.2) is 47.0 Å². The molecule has 2 fully saturated rings. The van der Waals surface area contributed by atoms with Crippen LogP contribution in [-0.2, 0) is 4.79 Å². The van der Waals surface area contributed by atoms with Crippen LogP contribution in [0.1, 0.15) is 6.92 Å². The number of hydrogen-bond donors (Lipinski definition) is 5. The summed E-state index contributed by atoms with van der Waals surface area (Å²) in [6, 6.07) is 7.57. The smallest absolute Gasteiger partial charge is 0.255 e. The molecule has 0 atom stereocenters. The summed E-state index contributed by atoms with van der Waals surface area (Å²) >= 11 is 0. The molecule has 1 spiro atoms. The van der Waals surface area contributed by atoms with E-state index in [4.69, 9.17) is 11.7 Å². The third kappa shape index (κ3) is 3.51. The molecule has 6 rings (SSSR count). The molecule has 2 saturated heterocycles. The molecule has 186 valence electrons. The lowest BCUT2D eigenvalue weighted by Crippen LogP contribution is -2.71. The molecule has 0 bridgehead atoms. The van der Waals surface area contributed by atoms with Crippen LogP contribution in [0.4, 0.5) is 11.5 Å². The first-order chi connectivity index (χ1) is 17.4. The molecule has 7 N–H and O–H groups in total. The van der Waals surface area contributed by atoms with Crippen molar-refractivity contribution in [3.8, 4) is 11.4 Å². The van der Waals surface area contributed by atoms with Crippen LogP contribution < -0.4 is 27.2 Å². The number of H-pyrrole nitrogens is 1. The number of guanidine groups is 1. The Labute approximate surface area is 207 Å². The van der Waals surface area contributed by atoms with Crippen LogP contribution in [-0.4, -0.2) is 81.7 Å². The van der Waals surface area contributed by atoms with Crippen molar-refractivity contribution in [1.82, 2.24) is 35.4 Å². The van der Waals surface area contributed by atoms with E-state index in [1.807, 2.05) is 31.2 Å². The highest BCUT2D eigenvalue weighted by Crippen LogP contribution is 2.37. The molecule has 1 aromatic carbocycles.